The van der Waals surface area contributed by atoms with Crippen molar-refractivity contribution in [2.75, 3.05) is 26.2 Å². The summed E-state index contributed by atoms with van der Waals surface area (Å²) in [5.41, 5.74) is 17.4. The molecule has 0 spiro atoms. The molecule has 5 amide bonds. The Kier molecular flexibility index (Phi) is 15.0. The van der Waals surface area contributed by atoms with Gasteiger partial charge in [-0.3, -0.25) is 33.8 Å². The number of aromatic nitrogens is 2. The number of carbonyl (C=O) groups is 6. The highest BCUT2D eigenvalue weighted by Crippen LogP contribution is 2.07. The lowest BCUT2D eigenvalue weighted by Crippen LogP contribution is -2.58. The molecule has 18 nitrogen and oxygen atoms in total. The number of aliphatic imine (C=N–C) groups is 1. The van der Waals surface area contributed by atoms with Gasteiger partial charge in [0.25, 0.3) is 0 Å². The Balaban J connectivity index is 2.23. The van der Waals surface area contributed by atoms with Gasteiger partial charge in [0.15, 0.2) is 5.96 Å². The first kappa shape index (κ1) is 35.7. The van der Waals surface area contributed by atoms with Crippen molar-refractivity contribution in [3.8, 4) is 0 Å². The summed E-state index contributed by atoms with van der Waals surface area (Å²) in [5.74, 6) is -4.93. The normalized spacial score (nSPS) is 12.5. The lowest BCUT2D eigenvalue weighted by molar-refractivity contribution is -0.138. The Morgan fingerprint density at radius 1 is 0.844 bits per heavy atom. The summed E-state index contributed by atoms with van der Waals surface area (Å²) >= 11 is 0. The maximum atomic E-state index is 13.6. The molecule has 0 aliphatic rings. The fourth-order valence-corrected chi connectivity index (χ4v) is 3.98. The second kappa shape index (κ2) is 18.9. The van der Waals surface area contributed by atoms with E-state index in [1.165, 1.54) is 12.5 Å². The first-order chi connectivity index (χ1) is 21.5. The largest absolute Gasteiger partial charge is 0.480 e. The van der Waals surface area contributed by atoms with Gasteiger partial charge in [0.05, 0.1) is 19.4 Å². The van der Waals surface area contributed by atoms with Gasteiger partial charge < -0.3 is 53.9 Å². The minimum atomic E-state index is -1.26. The molecule has 0 aliphatic heterocycles. The molecule has 0 saturated carbocycles. The molecule has 45 heavy (non-hydrogen) atoms. The van der Waals surface area contributed by atoms with E-state index in [0.717, 1.165) is 5.56 Å². The highest BCUT2D eigenvalue weighted by Gasteiger charge is 2.30. The van der Waals surface area contributed by atoms with Gasteiger partial charge in [0.1, 0.15) is 24.7 Å². The third-order valence-electron chi connectivity index (χ3n) is 6.17. The molecule has 1 heterocycles. The number of carboxylic acid groups (broad SMARTS) is 1. The summed E-state index contributed by atoms with van der Waals surface area (Å²) in [5, 5.41) is 21.0. The van der Waals surface area contributed by atoms with Crippen molar-refractivity contribution in [3.05, 3.63) is 54.1 Å². The van der Waals surface area contributed by atoms with Crippen LogP contribution in [-0.2, 0) is 41.6 Å². The predicted octanol–water partition coefficient (Wildman–Crippen LogP) is -4.02. The molecular formula is C27H39N11O7. The predicted molar refractivity (Wildman–Crippen MR) is 161 cm³/mol. The van der Waals surface area contributed by atoms with Gasteiger partial charge in [-0.1, -0.05) is 30.3 Å². The number of hydrogen-bond acceptors (Lipinski definition) is 9. The number of carboxylic acids is 1. The van der Waals surface area contributed by atoms with E-state index >= 15 is 0 Å². The van der Waals surface area contributed by atoms with E-state index in [1.54, 1.807) is 30.3 Å². The summed E-state index contributed by atoms with van der Waals surface area (Å²) < 4.78 is 0. The van der Waals surface area contributed by atoms with Crippen LogP contribution >= 0.6 is 0 Å². The van der Waals surface area contributed by atoms with Crippen molar-refractivity contribution in [1.82, 2.24) is 36.6 Å². The van der Waals surface area contributed by atoms with Crippen LogP contribution in [0.25, 0.3) is 0 Å². The van der Waals surface area contributed by atoms with Crippen molar-refractivity contribution >= 4 is 41.5 Å². The average molecular weight is 630 g/mol. The van der Waals surface area contributed by atoms with E-state index in [0.29, 0.717) is 5.69 Å². The maximum absolute atomic E-state index is 13.6. The molecule has 2 aromatic rings. The molecule has 3 atom stereocenters. The van der Waals surface area contributed by atoms with Crippen LogP contribution in [0.5, 0.6) is 0 Å². The first-order valence-electron chi connectivity index (χ1n) is 13.9. The van der Waals surface area contributed by atoms with Crippen molar-refractivity contribution in [1.29, 1.82) is 0 Å². The first-order valence-corrected chi connectivity index (χ1v) is 13.9. The summed E-state index contributed by atoms with van der Waals surface area (Å²) in [4.78, 5) is 85.4. The van der Waals surface area contributed by atoms with Gasteiger partial charge in [-0.2, -0.15) is 0 Å². The number of H-pyrrole nitrogens is 1. The summed E-state index contributed by atoms with van der Waals surface area (Å²) in [7, 11) is 0. The average Bonchev–Trinajstić information content (AvgIpc) is 3.53. The Hall–Kier alpha value is -5.52. The zero-order chi connectivity index (χ0) is 33.2. The molecule has 0 aliphatic carbocycles. The molecule has 0 bridgehead atoms. The molecule has 0 fully saturated rings. The molecule has 244 valence electrons. The number of guanidine groups is 1. The number of imidazole rings is 1. The fraction of sp³-hybridized carbons (Fsp3) is 0.407. The number of nitrogens with one attached hydrogen (secondary N) is 6. The zero-order valence-electron chi connectivity index (χ0n) is 24.5. The second-order valence-corrected chi connectivity index (χ2v) is 9.75. The monoisotopic (exact) mass is 629 g/mol. The van der Waals surface area contributed by atoms with E-state index < -0.39 is 66.7 Å². The van der Waals surface area contributed by atoms with Crippen LogP contribution in [0.3, 0.4) is 0 Å². The Morgan fingerprint density at radius 2 is 1.51 bits per heavy atom. The topological polar surface area (TPSA) is 302 Å². The number of carbonyl (C=O) groups excluding carboxylic acids is 5. The number of rotatable bonds is 19. The van der Waals surface area contributed by atoms with Gasteiger partial charge in [-0.05, 0) is 18.4 Å². The maximum Gasteiger partial charge on any atom is 0.322 e. The number of aromatic amines is 1. The molecule has 1 aromatic carbocycles. The van der Waals surface area contributed by atoms with E-state index in [1.807, 2.05) is 0 Å². The molecule has 1 aromatic heterocycles. The molecule has 13 N–H and O–H groups in total. The van der Waals surface area contributed by atoms with Crippen molar-refractivity contribution in [2.24, 2.45) is 22.2 Å². The molecule has 0 saturated heterocycles. The van der Waals surface area contributed by atoms with Crippen LogP contribution < -0.4 is 43.8 Å². The molecular weight excluding hydrogens is 590 g/mol. The molecule has 0 unspecified atom stereocenters. The van der Waals surface area contributed by atoms with Crippen LogP contribution in [0.4, 0.5) is 0 Å². The Bertz CT molecular complexity index is 1320. The minimum Gasteiger partial charge on any atom is -0.480 e. The molecule has 2 rings (SSSR count). The van der Waals surface area contributed by atoms with Crippen LogP contribution in [0.1, 0.15) is 24.1 Å². The number of aliphatic carboxylic acids is 1. The lowest BCUT2D eigenvalue weighted by Gasteiger charge is -2.25. The van der Waals surface area contributed by atoms with Crippen molar-refractivity contribution < 1.29 is 33.9 Å². The standard InChI is InChI=1S/C27H39N11O7/c28-11-21(39)36-19(9-16-5-2-1-3-6-16)26(45)37-18(7-4-8-32-27(29)30)25(44)38-20(10-17-12-31-15-35-17)24(43)34-13-22(40)33-14-23(41)42/h1-3,5-6,12,15,18-20H,4,7-11,13-14,28H2,(H,31,35)(H,33,40)(H,34,43)(H,36,39)(H,37,45)(H,38,44)(H,41,42)(H4,29,30,32)/t18-,19-,20-/m0/s1. The van der Waals surface area contributed by atoms with Gasteiger partial charge in [0, 0.05) is 31.3 Å². The quantitative estimate of drug-likeness (QED) is 0.0405. The summed E-state index contributed by atoms with van der Waals surface area (Å²) in [6.45, 7) is -1.41. The van der Waals surface area contributed by atoms with Crippen LogP contribution in [-0.4, -0.2) is 101 Å². The summed E-state index contributed by atoms with van der Waals surface area (Å²) in [6.07, 6.45) is 3.17. The third kappa shape index (κ3) is 14.0. The van der Waals surface area contributed by atoms with E-state index in [-0.39, 0.29) is 44.7 Å². The number of amides is 5. The Morgan fingerprint density at radius 3 is 2.13 bits per heavy atom. The smallest absolute Gasteiger partial charge is 0.322 e. The van der Waals surface area contributed by atoms with Gasteiger partial charge in [-0.25, -0.2) is 4.98 Å². The highest BCUT2D eigenvalue weighted by atomic mass is 16.4. The van der Waals surface area contributed by atoms with Gasteiger partial charge >= 0.3 is 5.97 Å². The van der Waals surface area contributed by atoms with E-state index in [2.05, 4.69) is 41.5 Å². The number of nitrogens with zero attached hydrogens (tertiary/aromatic N) is 2. The van der Waals surface area contributed by atoms with E-state index in [4.69, 9.17) is 22.3 Å². The lowest BCUT2D eigenvalue weighted by atomic mass is 10.0. The minimum absolute atomic E-state index is 0.0488. The third-order valence-corrected chi connectivity index (χ3v) is 6.17. The number of nitrogens with two attached hydrogens (primary N) is 3. The van der Waals surface area contributed by atoms with Gasteiger partial charge in [-0.15, -0.1) is 0 Å². The van der Waals surface area contributed by atoms with E-state index in [9.17, 15) is 28.8 Å². The SMILES string of the molecule is NCC(=O)N[C@@H](Cc1ccccc1)C(=O)N[C@@H](CCCN=C(N)N)C(=O)N[C@@H](Cc1cnc[nH]1)C(=O)NCC(=O)NCC(=O)O. The van der Waals surface area contributed by atoms with Crippen LogP contribution in [0.15, 0.2) is 47.8 Å². The van der Waals surface area contributed by atoms with Crippen molar-refractivity contribution in [3.63, 3.8) is 0 Å². The Labute approximate surface area is 258 Å². The van der Waals surface area contributed by atoms with Crippen LogP contribution in [0.2, 0.25) is 0 Å². The number of hydrogen-bond donors (Lipinski definition) is 10. The van der Waals surface area contributed by atoms with Gasteiger partial charge in [0.2, 0.25) is 29.5 Å². The number of benzene rings is 1. The second-order valence-electron chi connectivity index (χ2n) is 9.75. The van der Waals surface area contributed by atoms with Crippen molar-refractivity contribution in [2.45, 2.75) is 43.8 Å². The fourth-order valence-electron chi connectivity index (χ4n) is 3.98. The van der Waals surface area contributed by atoms with Crippen LogP contribution in [0, 0.1) is 0 Å². The molecule has 0 radical (unpaired) electrons. The highest BCUT2D eigenvalue weighted by molar-refractivity contribution is 5.95. The summed E-state index contributed by atoms with van der Waals surface area (Å²) in [6, 6.07) is 5.38. The zero-order valence-corrected chi connectivity index (χ0v) is 24.5. The molecule has 18 heteroatoms.